The van der Waals surface area contributed by atoms with Crippen LogP contribution in [0.15, 0.2) is 53.5 Å². The number of nitrogens with two attached hydrogens (primary N) is 1. The number of nitrogens with one attached hydrogen (secondary N) is 2. The lowest BCUT2D eigenvalue weighted by molar-refractivity contribution is 0.354. The predicted octanol–water partition coefficient (Wildman–Crippen LogP) is 3.24. The molecule has 0 bridgehead atoms. The van der Waals surface area contributed by atoms with Gasteiger partial charge in [-0.3, -0.25) is 0 Å². The number of ether oxygens (including phenoxy) is 2. The number of anilines is 1. The Morgan fingerprint density at radius 3 is 2.37 bits per heavy atom. The van der Waals surface area contributed by atoms with Crippen molar-refractivity contribution in [3.05, 3.63) is 54.1 Å². The molecule has 0 aromatic heterocycles. The third-order valence-electron chi connectivity index (χ3n) is 4.31. The number of benzene rings is 2. The van der Waals surface area contributed by atoms with Gasteiger partial charge in [-0.05, 0) is 35.7 Å². The molecule has 2 rings (SSSR count). The van der Waals surface area contributed by atoms with Crippen LogP contribution in [0, 0.1) is 5.92 Å². The molecule has 0 aliphatic heterocycles. The molecule has 4 N–H and O–H groups in total. The highest BCUT2D eigenvalue weighted by Crippen LogP contribution is 2.27. The molecule has 146 valence electrons. The van der Waals surface area contributed by atoms with Crippen LogP contribution >= 0.6 is 0 Å². The Morgan fingerprint density at radius 1 is 1.04 bits per heavy atom. The van der Waals surface area contributed by atoms with Crippen LogP contribution in [0.4, 0.5) is 5.69 Å². The van der Waals surface area contributed by atoms with Gasteiger partial charge in [-0.2, -0.15) is 0 Å². The molecule has 0 aliphatic rings. The highest BCUT2D eigenvalue weighted by Gasteiger charge is 2.13. The van der Waals surface area contributed by atoms with Crippen molar-refractivity contribution in [1.29, 1.82) is 0 Å². The molecule has 0 heterocycles. The van der Waals surface area contributed by atoms with Gasteiger partial charge in [0.05, 0.1) is 20.8 Å². The fourth-order valence-corrected chi connectivity index (χ4v) is 2.63. The molecule has 1 unspecified atom stereocenters. The van der Waals surface area contributed by atoms with Gasteiger partial charge in [-0.1, -0.05) is 38.1 Å². The van der Waals surface area contributed by atoms with Gasteiger partial charge in [-0.15, -0.1) is 0 Å². The van der Waals surface area contributed by atoms with Crippen molar-refractivity contribution in [2.24, 2.45) is 16.6 Å². The maximum atomic E-state index is 6.05. The number of methoxy groups -OCH3 is 2. The van der Waals surface area contributed by atoms with Crippen molar-refractivity contribution >= 4 is 11.6 Å². The third kappa shape index (κ3) is 6.40. The van der Waals surface area contributed by atoms with E-state index < -0.39 is 0 Å². The maximum Gasteiger partial charge on any atom is 0.188 e. The van der Waals surface area contributed by atoms with E-state index >= 15 is 0 Å². The van der Waals surface area contributed by atoms with E-state index in [1.165, 1.54) is 0 Å². The van der Waals surface area contributed by atoms with E-state index in [4.69, 9.17) is 15.2 Å². The van der Waals surface area contributed by atoms with Crippen LogP contribution in [0.2, 0.25) is 0 Å². The summed E-state index contributed by atoms with van der Waals surface area (Å²) < 4.78 is 10.6. The Balaban J connectivity index is 1.92. The van der Waals surface area contributed by atoms with Gasteiger partial charge in [0.2, 0.25) is 0 Å². The van der Waals surface area contributed by atoms with Crippen molar-refractivity contribution < 1.29 is 9.47 Å². The standard InChI is InChI=1S/C21H30N4O2/c1-15(2)18(25-17-8-6-5-7-9-17)14-24-21(22)23-13-16-10-11-19(26-3)20(12-16)27-4/h5-12,15,18,25H,13-14H2,1-4H3,(H3,22,23,24). The molecule has 0 fully saturated rings. The maximum absolute atomic E-state index is 6.05. The van der Waals surface area contributed by atoms with Crippen molar-refractivity contribution in [2.45, 2.75) is 26.4 Å². The molecule has 27 heavy (non-hydrogen) atoms. The van der Waals surface area contributed by atoms with Crippen LogP contribution in [0.1, 0.15) is 19.4 Å². The number of hydrogen-bond acceptors (Lipinski definition) is 4. The van der Waals surface area contributed by atoms with Gasteiger partial charge >= 0.3 is 0 Å². The Kier molecular flexibility index (Phi) is 7.79. The summed E-state index contributed by atoms with van der Waals surface area (Å²) in [5.74, 6) is 2.24. The monoisotopic (exact) mass is 370 g/mol. The molecule has 6 heteroatoms. The second-order valence-corrected chi connectivity index (χ2v) is 6.63. The van der Waals surface area contributed by atoms with Crippen molar-refractivity contribution in [1.82, 2.24) is 5.32 Å². The summed E-state index contributed by atoms with van der Waals surface area (Å²) in [6.07, 6.45) is 0. The smallest absolute Gasteiger partial charge is 0.188 e. The van der Waals surface area contributed by atoms with Gasteiger partial charge in [0, 0.05) is 18.3 Å². The second-order valence-electron chi connectivity index (χ2n) is 6.63. The lowest BCUT2D eigenvalue weighted by Crippen LogP contribution is -2.42. The van der Waals surface area contributed by atoms with Crippen LogP contribution in [-0.4, -0.2) is 32.8 Å². The topological polar surface area (TPSA) is 80.9 Å². The molecule has 0 amide bonds. The average Bonchev–Trinajstić information content (AvgIpc) is 2.69. The first-order valence-corrected chi connectivity index (χ1v) is 9.09. The largest absolute Gasteiger partial charge is 0.493 e. The zero-order valence-electron chi connectivity index (χ0n) is 16.5. The first-order chi connectivity index (χ1) is 13.0. The molecule has 0 spiro atoms. The second kappa shape index (κ2) is 10.3. The first kappa shape index (κ1) is 20.4. The summed E-state index contributed by atoms with van der Waals surface area (Å²) >= 11 is 0. The van der Waals surface area contributed by atoms with Gasteiger partial charge in [0.25, 0.3) is 0 Å². The van der Waals surface area contributed by atoms with E-state index in [1.54, 1.807) is 14.2 Å². The van der Waals surface area contributed by atoms with Crippen LogP contribution in [0.25, 0.3) is 0 Å². The minimum atomic E-state index is 0.238. The normalized spacial score (nSPS) is 12.6. The Morgan fingerprint density at radius 2 is 1.74 bits per heavy atom. The lowest BCUT2D eigenvalue weighted by atomic mass is 10.0. The van der Waals surface area contributed by atoms with Crippen LogP contribution < -0.4 is 25.8 Å². The van der Waals surface area contributed by atoms with Crippen molar-refractivity contribution in [3.8, 4) is 11.5 Å². The number of guanidine groups is 1. The molecule has 2 aromatic rings. The molecular formula is C21H30N4O2. The van der Waals surface area contributed by atoms with Crippen LogP contribution in [0.5, 0.6) is 11.5 Å². The summed E-state index contributed by atoms with van der Waals surface area (Å²) in [4.78, 5) is 4.42. The number of rotatable bonds is 9. The summed E-state index contributed by atoms with van der Waals surface area (Å²) in [7, 11) is 3.23. The molecule has 0 saturated carbocycles. The van der Waals surface area contributed by atoms with E-state index in [9.17, 15) is 0 Å². The van der Waals surface area contributed by atoms with E-state index in [0.29, 0.717) is 36.5 Å². The fourth-order valence-electron chi connectivity index (χ4n) is 2.63. The number of para-hydroxylation sites is 1. The fraction of sp³-hybridized carbons (Fsp3) is 0.381. The number of aliphatic imine (C=N–C) groups is 1. The molecule has 0 radical (unpaired) electrons. The SMILES string of the molecule is COc1ccc(CN=C(N)NCC(Nc2ccccc2)C(C)C)cc1OC. The highest BCUT2D eigenvalue weighted by atomic mass is 16.5. The van der Waals surface area contributed by atoms with Gasteiger partial charge in [-0.25, -0.2) is 4.99 Å². The molecular weight excluding hydrogens is 340 g/mol. The van der Waals surface area contributed by atoms with Gasteiger partial charge < -0.3 is 25.8 Å². The van der Waals surface area contributed by atoms with Gasteiger partial charge in [0.15, 0.2) is 17.5 Å². The minimum absolute atomic E-state index is 0.238. The Bertz CT molecular complexity index is 732. The van der Waals surface area contributed by atoms with E-state index in [2.05, 4.69) is 41.6 Å². The number of hydrogen-bond donors (Lipinski definition) is 3. The van der Waals surface area contributed by atoms with E-state index in [-0.39, 0.29) is 6.04 Å². The third-order valence-corrected chi connectivity index (χ3v) is 4.31. The summed E-state index contributed by atoms with van der Waals surface area (Å²) in [5, 5.41) is 6.75. The Hall–Kier alpha value is -2.89. The zero-order chi connectivity index (χ0) is 19.6. The van der Waals surface area contributed by atoms with Crippen molar-refractivity contribution in [3.63, 3.8) is 0 Å². The summed E-state index contributed by atoms with van der Waals surface area (Å²) in [6.45, 7) is 5.52. The van der Waals surface area contributed by atoms with Crippen LogP contribution in [-0.2, 0) is 6.54 Å². The summed E-state index contributed by atoms with van der Waals surface area (Å²) in [6, 6.07) is 16.1. The Labute approximate surface area is 161 Å². The van der Waals surface area contributed by atoms with E-state index in [1.807, 2.05) is 36.4 Å². The lowest BCUT2D eigenvalue weighted by Gasteiger charge is -2.24. The molecule has 2 aromatic carbocycles. The van der Waals surface area contributed by atoms with Crippen LogP contribution in [0.3, 0.4) is 0 Å². The minimum Gasteiger partial charge on any atom is -0.493 e. The number of nitrogens with zero attached hydrogens (tertiary/aromatic N) is 1. The summed E-state index contributed by atoms with van der Waals surface area (Å²) in [5.41, 5.74) is 8.14. The molecule has 0 aliphatic carbocycles. The molecule has 6 nitrogen and oxygen atoms in total. The average molecular weight is 370 g/mol. The van der Waals surface area contributed by atoms with Gasteiger partial charge in [0.1, 0.15) is 0 Å². The zero-order valence-corrected chi connectivity index (χ0v) is 16.5. The first-order valence-electron chi connectivity index (χ1n) is 9.09. The molecule has 0 saturated heterocycles. The highest BCUT2D eigenvalue weighted by molar-refractivity contribution is 5.77. The van der Waals surface area contributed by atoms with Crippen molar-refractivity contribution in [2.75, 3.05) is 26.1 Å². The molecule has 1 atom stereocenters. The quantitative estimate of drug-likeness (QED) is 0.466. The van der Waals surface area contributed by atoms with E-state index in [0.717, 1.165) is 11.3 Å². The predicted molar refractivity (Wildman–Crippen MR) is 112 cm³/mol.